The van der Waals surface area contributed by atoms with E-state index in [1.165, 1.54) is 24.5 Å². The highest BCUT2D eigenvalue weighted by Gasteiger charge is 2.14. The maximum absolute atomic E-state index is 12.0. The molecule has 0 spiro atoms. The van der Waals surface area contributed by atoms with Gasteiger partial charge in [-0.3, -0.25) is 19.9 Å². The number of nitrogens with zero attached hydrogens (tertiary/aromatic N) is 2. The van der Waals surface area contributed by atoms with Crippen LogP contribution in [0.25, 0.3) is 0 Å². The largest absolute Gasteiger partial charge is 0.322 e. The molecule has 0 radical (unpaired) electrons. The fourth-order valence-electron chi connectivity index (χ4n) is 1.64. The Labute approximate surface area is 119 Å². The second kappa shape index (κ2) is 5.66. The van der Waals surface area contributed by atoms with Crippen LogP contribution in [0, 0.1) is 17.0 Å². The van der Waals surface area contributed by atoms with E-state index in [0.717, 1.165) is 0 Å². The molecule has 1 amide bonds. The zero-order valence-electron chi connectivity index (χ0n) is 10.5. The van der Waals surface area contributed by atoms with Gasteiger partial charge in [-0.2, -0.15) is 0 Å². The van der Waals surface area contributed by atoms with Gasteiger partial charge in [-0.25, -0.2) is 0 Å². The third kappa shape index (κ3) is 2.92. The number of aromatic nitrogens is 1. The summed E-state index contributed by atoms with van der Waals surface area (Å²) in [6, 6.07) is 5.94. The fourth-order valence-corrected chi connectivity index (χ4v) is 1.85. The maximum Gasteiger partial charge on any atom is 0.274 e. The zero-order chi connectivity index (χ0) is 14.7. The van der Waals surface area contributed by atoms with Crippen molar-refractivity contribution < 1.29 is 9.72 Å². The summed E-state index contributed by atoms with van der Waals surface area (Å²) in [6.45, 7) is 1.63. The predicted octanol–water partition coefficient (Wildman–Crippen LogP) is 3.20. The van der Waals surface area contributed by atoms with E-state index in [1.54, 1.807) is 19.1 Å². The van der Waals surface area contributed by atoms with E-state index < -0.39 is 10.8 Å². The molecule has 0 unspecified atom stereocenters. The van der Waals surface area contributed by atoms with Crippen molar-refractivity contribution in [2.45, 2.75) is 6.92 Å². The number of nitro groups is 1. The molecule has 1 heterocycles. The van der Waals surface area contributed by atoms with Gasteiger partial charge < -0.3 is 5.32 Å². The minimum atomic E-state index is -0.496. The van der Waals surface area contributed by atoms with Gasteiger partial charge in [-0.05, 0) is 19.1 Å². The van der Waals surface area contributed by atoms with Crippen LogP contribution >= 0.6 is 11.6 Å². The summed E-state index contributed by atoms with van der Waals surface area (Å²) in [6.07, 6.45) is 2.80. The molecular formula is C13H10ClN3O3. The molecule has 1 N–H and O–H groups in total. The number of benzene rings is 1. The summed E-state index contributed by atoms with van der Waals surface area (Å²) in [4.78, 5) is 26.1. The van der Waals surface area contributed by atoms with Crippen molar-refractivity contribution in [3.05, 3.63) is 62.9 Å². The average Bonchev–Trinajstić information content (AvgIpc) is 2.41. The maximum atomic E-state index is 12.0. The number of nitrogens with one attached hydrogen (secondary N) is 1. The van der Waals surface area contributed by atoms with E-state index >= 15 is 0 Å². The second-order valence-corrected chi connectivity index (χ2v) is 4.48. The van der Waals surface area contributed by atoms with Gasteiger partial charge in [0.25, 0.3) is 11.6 Å². The third-order valence-electron chi connectivity index (χ3n) is 2.68. The van der Waals surface area contributed by atoms with Crippen molar-refractivity contribution in [2.24, 2.45) is 0 Å². The normalized spacial score (nSPS) is 10.1. The first-order chi connectivity index (χ1) is 9.49. The van der Waals surface area contributed by atoms with E-state index in [0.29, 0.717) is 11.3 Å². The second-order valence-electron chi connectivity index (χ2n) is 4.07. The van der Waals surface area contributed by atoms with Gasteiger partial charge in [0.05, 0.1) is 15.5 Å². The van der Waals surface area contributed by atoms with Crippen molar-refractivity contribution in [2.75, 3.05) is 5.32 Å². The molecule has 2 aromatic rings. The fraction of sp³-hybridized carbons (Fsp3) is 0.0769. The molecule has 0 saturated carbocycles. The lowest BCUT2D eigenvalue weighted by atomic mass is 10.1. The van der Waals surface area contributed by atoms with Gasteiger partial charge in [0.2, 0.25) is 0 Å². The Kier molecular flexibility index (Phi) is 3.95. The van der Waals surface area contributed by atoms with E-state index in [9.17, 15) is 14.9 Å². The minimum Gasteiger partial charge on any atom is -0.322 e. The molecule has 0 fully saturated rings. The van der Waals surface area contributed by atoms with Gasteiger partial charge in [0.1, 0.15) is 0 Å². The standard InChI is InChI=1S/C13H10ClN3O3/c1-8-2-3-9(6-12(8)17(19)20)16-13(18)10-4-5-15-7-11(10)14/h2-7H,1H3,(H,16,18). The molecule has 6 nitrogen and oxygen atoms in total. The van der Waals surface area contributed by atoms with Crippen molar-refractivity contribution in [3.63, 3.8) is 0 Å². The lowest BCUT2D eigenvalue weighted by molar-refractivity contribution is -0.385. The van der Waals surface area contributed by atoms with Crippen molar-refractivity contribution in [3.8, 4) is 0 Å². The number of hydrogen-bond acceptors (Lipinski definition) is 4. The zero-order valence-corrected chi connectivity index (χ0v) is 11.2. The molecule has 0 saturated heterocycles. The van der Waals surface area contributed by atoms with E-state index in [-0.39, 0.29) is 16.3 Å². The predicted molar refractivity (Wildman–Crippen MR) is 75.0 cm³/mol. The highest BCUT2D eigenvalue weighted by molar-refractivity contribution is 6.34. The quantitative estimate of drug-likeness (QED) is 0.695. The summed E-state index contributed by atoms with van der Waals surface area (Å²) >= 11 is 5.86. The first-order valence-corrected chi connectivity index (χ1v) is 6.02. The molecule has 2 rings (SSSR count). The number of amides is 1. The highest BCUT2D eigenvalue weighted by Crippen LogP contribution is 2.23. The van der Waals surface area contributed by atoms with E-state index in [2.05, 4.69) is 10.3 Å². The van der Waals surface area contributed by atoms with E-state index in [1.807, 2.05) is 0 Å². The monoisotopic (exact) mass is 291 g/mol. The SMILES string of the molecule is Cc1ccc(NC(=O)c2ccncc2Cl)cc1[N+](=O)[O-]. The number of hydrogen-bond donors (Lipinski definition) is 1. The van der Waals surface area contributed by atoms with Gasteiger partial charge >= 0.3 is 0 Å². The summed E-state index contributed by atoms with van der Waals surface area (Å²) in [5.74, 6) is -0.449. The smallest absolute Gasteiger partial charge is 0.274 e. The lowest BCUT2D eigenvalue weighted by Crippen LogP contribution is -2.12. The highest BCUT2D eigenvalue weighted by atomic mass is 35.5. The summed E-state index contributed by atoms with van der Waals surface area (Å²) < 4.78 is 0. The molecule has 102 valence electrons. The Morgan fingerprint density at radius 2 is 2.15 bits per heavy atom. The average molecular weight is 292 g/mol. The van der Waals surface area contributed by atoms with Crippen LogP contribution in [0.2, 0.25) is 5.02 Å². The third-order valence-corrected chi connectivity index (χ3v) is 2.98. The molecule has 7 heteroatoms. The van der Waals surface area contributed by atoms with Gasteiger partial charge in [0, 0.05) is 29.7 Å². The first kappa shape index (κ1) is 14.0. The molecule has 0 atom stereocenters. The lowest BCUT2D eigenvalue weighted by Gasteiger charge is -2.07. The number of nitro benzene ring substituents is 1. The van der Waals surface area contributed by atoms with E-state index in [4.69, 9.17) is 11.6 Å². The molecule has 1 aromatic carbocycles. The first-order valence-electron chi connectivity index (χ1n) is 5.65. The van der Waals surface area contributed by atoms with Crippen LogP contribution in [0.5, 0.6) is 0 Å². The van der Waals surface area contributed by atoms with Gasteiger partial charge in [-0.15, -0.1) is 0 Å². The molecule has 0 aliphatic rings. The molecule has 0 bridgehead atoms. The van der Waals surface area contributed by atoms with Crippen molar-refractivity contribution in [1.82, 2.24) is 4.98 Å². The van der Waals surface area contributed by atoms with Crippen LogP contribution in [-0.2, 0) is 0 Å². The van der Waals surface area contributed by atoms with Crippen LogP contribution in [0.15, 0.2) is 36.7 Å². The van der Waals surface area contributed by atoms with Crippen molar-refractivity contribution in [1.29, 1.82) is 0 Å². The number of carbonyl (C=O) groups excluding carboxylic acids is 1. The number of rotatable bonds is 3. The van der Waals surface area contributed by atoms with Crippen LogP contribution in [0.1, 0.15) is 15.9 Å². The molecular weight excluding hydrogens is 282 g/mol. The number of anilines is 1. The van der Waals surface area contributed by atoms with Crippen LogP contribution < -0.4 is 5.32 Å². The van der Waals surface area contributed by atoms with Crippen LogP contribution in [0.4, 0.5) is 11.4 Å². The Hall–Kier alpha value is -2.47. The summed E-state index contributed by atoms with van der Waals surface area (Å²) in [5.41, 5.74) is 1.06. The van der Waals surface area contributed by atoms with Crippen LogP contribution in [0.3, 0.4) is 0 Å². The Morgan fingerprint density at radius 3 is 2.80 bits per heavy atom. The Balaban J connectivity index is 2.27. The number of aryl methyl sites for hydroxylation is 1. The number of halogens is 1. The molecule has 1 aromatic heterocycles. The Morgan fingerprint density at radius 1 is 1.40 bits per heavy atom. The number of carbonyl (C=O) groups is 1. The van der Waals surface area contributed by atoms with Gasteiger partial charge in [-0.1, -0.05) is 17.7 Å². The topological polar surface area (TPSA) is 85.1 Å². The molecule has 0 aliphatic heterocycles. The minimum absolute atomic E-state index is 0.0522. The number of pyridine rings is 1. The van der Waals surface area contributed by atoms with Gasteiger partial charge in [0.15, 0.2) is 0 Å². The van der Waals surface area contributed by atoms with Crippen molar-refractivity contribution >= 4 is 28.9 Å². The van der Waals surface area contributed by atoms with Crippen LogP contribution in [-0.4, -0.2) is 15.8 Å². The molecule has 20 heavy (non-hydrogen) atoms. The summed E-state index contributed by atoms with van der Waals surface area (Å²) in [5, 5.41) is 13.6. The summed E-state index contributed by atoms with van der Waals surface area (Å²) in [7, 11) is 0. The Bertz CT molecular complexity index is 688. The molecule has 0 aliphatic carbocycles.